The number of rotatable bonds is 1. The third-order valence-corrected chi connectivity index (χ3v) is 3.04. The second kappa shape index (κ2) is 3.94. The van der Waals surface area contributed by atoms with Crippen molar-refractivity contribution in [3.63, 3.8) is 0 Å². The molecule has 78 valence electrons. The first kappa shape index (κ1) is 9.35. The standard InChI is InChI=1S/C11H8N4S/c1-2-4-9(5-3-1)6-10-7-13-15-8-12-14-11(15)16-10/h1-8H/b10-6-. The van der Waals surface area contributed by atoms with Crippen molar-refractivity contribution in [3.8, 4) is 0 Å². The molecule has 0 aliphatic carbocycles. The lowest BCUT2D eigenvalue weighted by molar-refractivity contribution is 0.765. The van der Waals surface area contributed by atoms with E-state index in [4.69, 9.17) is 0 Å². The predicted molar refractivity (Wildman–Crippen MR) is 64.2 cm³/mol. The van der Waals surface area contributed by atoms with Gasteiger partial charge in [-0.25, -0.2) is 0 Å². The second-order valence-corrected chi connectivity index (χ2v) is 4.30. The average Bonchev–Trinajstić information content (AvgIpc) is 2.77. The summed E-state index contributed by atoms with van der Waals surface area (Å²) in [5, 5.41) is 12.8. The van der Waals surface area contributed by atoms with Gasteiger partial charge in [-0.3, -0.25) is 0 Å². The van der Waals surface area contributed by atoms with E-state index >= 15 is 0 Å². The maximum atomic E-state index is 4.21. The van der Waals surface area contributed by atoms with E-state index in [9.17, 15) is 0 Å². The molecule has 1 aromatic heterocycles. The van der Waals surface area contributed by atoms with Gasteiger partial charge in [-0.05, 0) is 23.4 Å². The third-order valence-electron chi connectivity index (χ3n) is 2.13. The summed E-state index contributed by atoms with van der Waals surface area (Å²) in [7, 11) is 0. The number of aromatic nitrogens is 3. The zero-order valence-electron chi connectivity index (χ0n) is 8.32. The first-order valence-electron chi connectivity index (χ1n) is 4.81. The molecular formula is C11H8N4S. The summed E-state index contributed by atoms with van der Waals surface area (Å²) >= 11 is 1.56. The Bertz CT molecular complexity index is 556. The number of allylic oxidation sites excluding steroid dienone is 1. The Balaban J connectivity index is 1.92. The highest BCUT2D eigenvalue weighted by atomic mass is 32.2. The van der Waals surface area contributed by atoms with Crippen molar-refractivity contribution in [1.82, 2.24) is 14.9 Å². The number of nitrogens with zero attached hydrogens (tertiary/aromatic N) is 4. The van der Waals surface area contributed by atoms with E-state index in [1.807, 2.05) is 24.4 Å². The van der Waals surface area contributed by atoms with E-state index in [1.54, 1.807) is 22.8 Å². The van der Waals surface area contributed by atoms with Crippen LogP contribution in [0.15, 0.2) is 51.8 Å². The molecule has 0 bridgehead atoms. The van der Waals surface area contributed by atoms with Crippen LogP contribution in [0.1, 0.15) is 5.56 Å². The van der Waals surface area contributed by atoms with E-state index < -0.39 is 0 Å². The van der Waals surface area contributed by atoms with E-state index in [0.29, 0.717) is 0 Å². The molecule has 0 radical (unpaired) electrons. The normalized spacial score (nSPS) is 16.4. The van der Waals surface area contributed by atoms with Gasteiger partial charge in [0.15, 0.2) is 0 Å². The highest BCUT2D eigenvalue weighted by Gasteiger charge is 2.11. The van der Waals surface area contributed by atoms with E-state index in [0.717, 1.165) is 15.6 Å². The summed E-state index contributed by atoms with van der Waals surface area (Å²) in [6.07, 6.45) is 5.48. The summed E-state index contributed by atoms with van der Waals surface area (Å²) in [5.74, 6) is 0. The van der Waals surface area contributed by atoms with Gasteiger partial charge in [0.25, 0.3) is 0 Å². The summed E-state index contributed by atoms with van der Waals surface area (Å²) < 4.78 is 1.66. The van der Waals surface area contributed by atoms with Crippen molar-refractivity contribution >= 4 is 24.1 Å². The fourth-order valence-corrected chi connectivity index (χ4v) is 2.18. The van der Waals surface area contributed by atoms with E-state index in [-0.39, 0.29) is 0 Å². The fraction of sp³-hybridized carbons (Fsp3) is 0. The minimum Gasteiger partial charge on any atom is -0.194 e. The summed E-state index contributed by atoms with van der Waals surface area (Å²) in [6.45, 7) is 0. The maximum Gasteiger partial charge on any atom is 0.216 e. The van der Waals surface area contributed by atoms with Crippen molar-refractivity contribution < 1.29 is 0 Å². The van der Waals surface area contributed by atoms with Gasteiger partial charge < -0.3 is 0 Å². The number of benzene rings is 1. The molecule has 0 atom stereocenters. The van der Waals surface area contributed by atoms with Crippen LogP contribution in [0.3, 0.4) is 0 Å². The monoisotopic (exact) mass is 228 g/mol. The minimum absolute atomic E-state index is 0.796. The minimum atomic E-state index is 0.796. The van der Waals surface area contributed by atoms with Crippen LogP contribution in [-0.4, -0.2) is 21.1 Å². The van der Waals surface area contributed by atoms with Crippen molar-refractivity contribution in [1.29, 1.82) is 0 Å². The van der Waals surface area contributed by atoms with Crippen molar-refractivity contribution in [2.75, 3.05) is 0 Å². The summed E-state index contributed by atoms with van der Waals surface area (Å²) in [6, 6.07) is 10.1. The summed E-state index contributed by atoms with van der Waals surface area (Å²) in [5.41, 5.74) is 1.16. The number of thioether (sulfide) groups is 1. The van der Waals surface area contributed by atoms with Crippen molar-refractivity contribution in [3.05, 3.63) is 47.1 Å². The van der Waals surface area contributed by atoms with Crippen LogP contribution in [0.4, 0.5) is 0 Å². The van der Waals surface area contributed by atoms with E-state index in [2.05, 4.69) is 33.5 Å². The molecule has 0 saturated heterocycles. The molecule has 3 rings (SSSR count). The van der Waals surface area contributed by atoms with Crippen molar-refractivity contribution in [2.45, 2.75) is 5.16 Å². The van der Waals surface area contributed by atoms with Gasteiger partial charge in [0.05, 0.1) is 6.21 Å². The Morgan fingerprint density at radius 1 is 1.19 bits per heavy atom. The highest BCUT2D eigenvalue weighted by molar-refractivity contribution is 8.04. The SMILES string of the molecule is C1=Nn2cnnc2S/C1=C\c1ccccc1. The largest absolute Gasteiger partial charge is 0.216 e. The molecule has 0 spiro atoms. The van der Waals surface area contributed by atoms with Gasteiger partial charge in [0.2, 0.25) is 5.16 Å². The predicted octanol–water partition coefficient (Wildman–Crippen LogP) is 2.26. The van der Waals surface area contributed by atoms with Crippen LogP contribution in [-0.2, 0) is 0 Å². The molecule has 0 saturated carbocycles. The Labute approximate surface area is 96.7 Å². The molecule has 16 heavy (non-hydrogen) atoms. The zero-order valence-corrected chi connectivity index (χ0v) is 9.13. The Morgan fingerprint density at radius 2 is 2.06 bits per heavy atom. The van der Waals surface area contributed by atoms with Crippen LogP contribution in [0.5, 0.6) is 0 Å². The molecule has 0 amide bonds. The summed E-state index contributed by atoms with van der Waals surface area (Å²) in [4.78, 5) is 1.06. The first-order chi connectivity index (χ1) is 7.92. The highest BCUT2D eigenvalue weighted by Crippen LogP contribution is 2.28. The molecule has 1 aromatic carbocycles. The van der Waals surface area contributed by atoms with Crippen LogP contribution in [0, 0.1) is 0 Å². The van der Waals surface area contributed by atoms with Gasteiger partial charge in [0, 0.05) is 4.91 Å². The van der Waals surface area contributed by atoms with Gasteiger partial charge in [0.1, 0.15) is 6.33 Å². The molecule has 0 N–H and O–H groups in total. The number of hydrogen-bond acceptors (Lipinski definition) is 4. The third kappa shape index (κ3) is 1.77. The van der Waals surface area contributed by atoms with Crippen LogP contribution < -0.4 is 0 Å². The lowest BCUT2D eigenvalue weighted by Gasteiger charge is -2.06. The van der Waals surface area contributed by atoms with Crippen LogP contribution in [0.25, 0.3) is 6.08 Å². The topological polar surface area (TPSA) is 43.1 Å². The smallest absolute Gasteiger partial charge is 0.194 e. The number of hydrogen-bond donors (Lipinski definition) is 0. The molecule has 5 heteroatoms. The molecule has 1 aliphatic rings. The molecule has 2 heterocycles. The van der Waals surface area contributed by atoms with Gasteiger partial charge in [-0.1, -0.05) is 30.3 Å². The second-order valence-electron chi connectivity index (χ2n) is 3.26. The average molecular weight is 228 g/mol. The van der Waals surface area contributed by atoms with Gasteiger partial charge >= 0.3 is 0 Å². The van der Waals surface area contributed by atoms with Crippen molar-refractivity contribution in [2.24, 2.45) is 5.10 Å². The molecule has 4 nitrogen and oxygen atoms in total. The zero-order chi connectivity index (χ0) is 10.8. The van der Waals surface area contributed by atoms with Crippen LogP contribution in [0.2, 0.25) is 0 Å². The van der Waals surface area contributed by atoms with E-state index in [1.165, 1.54) is 0 Å². The van der Waals surface area contributed by atoms with Crippen LogP contribution >= 0.6 is 11.8 Å². The molecule has 0 fully saturated rings. The quantitative estimate of drug-likeness (QED) is 0.752. The molecule has 1 aliphatic heterocycles. The molecular weight excluding hydrogens is 220 g/mol. The molecule has 2 aromatic rings. The fourth-order valence-electron chi connectivity index (χ4n) is 1.40. The Hall–Kier alpha value is -1.88. The van der Waals surface area contributed by atoms with Gasteiger partial charge in [-0.15, -0.1) is 10.2 Å². The maximum absolute atomic E-state index is 4.21. The lowest BCUT2D eigenvalue weighted by Crippen LogP contribution is -1.97. The lowest BCUT2D eigenvalue weighted by atomic mass is 10.2. The molecule has 0 unspecified atom stereocenters. The Kier molecular flexibility index (Phi) is 2.30. The number of fused-ring (bicyclic) bond motifs is 1. The Morgan fingerprint density at radius 3 is 2.94 bits per heavy atom. The van der Waals surface area contributed by atoms with Gasteiger partial charge in [-0.2, -0.15) is 9.78 Å². The first-order valence-corrected chi connectivity index (χ1v) is 5.62.